The number of aromatic nitrogens is 6. The maximum absolute atomic E-state index is 12.5. The summed E-state index contributed by atoms with van der Waals surface area (Å²) in [6.45, 7) is 6.99. The molecule has 4 aromatic rings. The topological polar surface area (TPSA) is 112 Å². The van der Waals surface area contributed by atoms with Crippen molar-refractivity contribution >= 4 is 34.2 Å². The molecule has 152 valence electrons. The summed E-state index contributed by atoms with van der Waals surface area (Å²) in [5.74, 6) is 1.15. The van der Waals surface area contributed by atoms with Crippen LogP contribution >= 0.6 is 11.8 Å². The highest BCUT2D eigenvalue weighted by atomic mass is 32.2. The minimum atomic E-state index is -0.420. The lowest BCUT2D eigenvalue weighted by molar-refractivity contribution is 0.489. The second-order valence-corrected chi connectivity index (χ2v) is 7.68. The smallest absolute Gasteiger partial charge is 0.330 e. The number of nitrogens with zero attached hydrogens (tertiary/aromatic N) is 5. The highest BCUT2D eigenvalue weighted by Gasteiger charge is 2.18. The van der Waals surface area contributed by atoms with Crippen LogP contribution in [0.5, 0.6) is 0 Å². The van der Waals surface area contributed by atoms with Crippen LogP contribution in [-0.2, 0) is 18.8 Å². The number of hydrogen-bond acceptors (Lipinski definition) is 7. The molecule has 4 heterocycles. The van der Waals surface area contributed by atoms with Crippen LogP contribution in [0.3, 0.4) is 0 Å². The van der Waals surface area contributed by atoms with E-state index in [0.717, 1.165) is 18.5 Å². The van der Waals surface area contributed by atoms with Gasteiger partial charge in [-0.05, 0) is 32.4 Å². The third-order valence-corrected chi connectivity index (χ3v) is 5.54. The molecule has 0 aliphatic rings. The number of nitrogens with one attached hydrogen (secondary N) is 1. The Balaban J connectivity index is 1.71. The van der Waals surface area contributed by atoms with Crippen molar-refractivity contribution in [2.75, 3.05) is 0 Å². The lowest BCUT2D eigenvalue weighted by Crippen LogP contribution is -2.31. The van der Waals surface area contributed by atoms with E-state index in [0.29, 0.717) is 52.3 Å². The van der Waals surface area contributed by atoms with Gasteiger partial charge in [0.2, 0.25) is 0 Å². The number of imidazole rings is 1. The van der Waals surface area contributed by atoms with Crippen molar-refractivity contribution in [2.45, 2.75) is 57.7 Å². The molecule has 0 atom stereocenters. The third-order valence-electron chi connectivity index (χ3n) is 4.71. The second kappa shape index (κ2) is 7.86. The fourth-order valence-corrected chi connectivity index (χ4v) is 4.05. The Bertz CT molecular complexity index is 1300. The number of aromatic amines is 1. The molecule has 29 heavy (non-hydrogen) atoms. The van der Waals surface area contributed by atoms with Crippen molar-refractivity contribution in [3.05, 3.63) is 44.5 Å². The van der Waals surface area contributed by atoms with Crippen molar-refractivity contribution in [3.63, 3.8) is 0 Å². The molecule has 9 nitrogen and oxygen atoms in total. The van der Waals surface area contributed by atoms with Crippen molar-refractivity contribution < 1.29 is 4.42 Å². The van der Waals surface area contributed by atoms with Crippen LogP contribution in [0.15, 0.2) is 31.4 Å². The number of aryl methyl sites for hydroxylation is 3. The van der Waals surface area contributed by atoms with E-state index in [1.807, 2.05) is 30.5 Å². The van der Waals surface area contributed by atoms with Crippen LogP contribution in [0.4, 0.5) is 0 Å². The molecule has 0 radical (unpaired) electrons. The van der Waals surface area contributed by atoms with Gasteiger partial charge < -0.3 is 8.98 Å². The number of rotatable bonds is 7. The summed E-state index contributed by atoms with van der Waals surface area (Å²) in [5, 5.41) is 0.491. The summed E-state index contributed by atoms with van der Waals surface area (Å²) in [6.07, 6.45) is 1.77. The van der Waals surface area contributed by atoms with Gasteiger partial charge in [-0.15, -0.1) is 0 Å². The number of hydrogen-bond donors (Lipinski definition) is 1. The van der Waals surface area contributed by atoms with Crippen LogP contribution < -0.4 is 11.2 Å². The highest BCUT2D eigenvalue weighted by molar-refractivity contribution is 7.98. The average Bonchev–Trinajstić information content (AvgIpc) is 3.26. The summed E-state index contributed by atoms with van der Waals surface area (Å²) in [6, 6.07) is 3.72. The molecule has 1 N–H and O–H groups in total. The SMILES string of the molecule is CCCCn1c(=O)[nH]c(=O)c2c1nc(CSc1nc3nc(C)ccc3o1)n2CC. The molecule has 0 fully saturated rings. The molecule has 0 unspecified atom stereocenters. The zero-order chi connectivity index (χ0) is 20.5. The molecule has 4 rings (SSSR count). The summed E-state index contributed by atoms with van der Waals surface area (Å²) < 4.78 is 9.13. The molecule has 0 saturated carbocycles. The first-order valence-corrected chi connectivity index (χ1v) is 10.6. The van der Waals surface area contributed by atoms with Gasteiger partial charge in [0.05, 0.1) is 5.75 Å². The summed E-state index contributed by atoms with van der Waals surface area (Å²) >= 11 is 1.38. The molecule has 0 saturated heterocycles. The molecule has 0 aromatic carbocycles. The van der Waals surface area contributed by atoms with E-state index in [2.05, 4.69) is 26.9 Å². The Morgan fingerprint density at radius 2 is 1.97 bits per heavy atom. The van der Waals surface area contributed by atoms with Gasteiger partial charge in [0.25, 0.3) is 10.8 Å². The monoisotopic (exact) mass is 414 g/mol. The average molecular weight is 414 g/mol. The molecular formula is C19H22N6O3S. The van der Waals surface area contributed by atoms with E-state index in [1.165, 1.54) is 11.8 Å². The van der Waals surface area contributed by atoms with E-state index in [9.17, 15) is 9.59 Å². The third kappa shape index (κ3) is 3.59. The number of thioether (sulfide) groups is 1. The van der Waals surface area contributed by atoms with E-state index in [4.69, 9.17) is 4.42 Å². The first kappa shape index (κ1) is 19.4. The fraction of sp³-hybridized carbons (Fsp3) is 0.421. The van der Waals surface area contributed by atoms with Crippen LogP contribution in [-0.4, -0.2) is 29.1 Å². The van der Waals surface area contributed by atoms with Crippen LogP contribution in [0.2, 0.25) is 0 Å². The molecule has 0 amide bonds. The normalized spacial score (nSPS) is 11.7. The van der Waals surface area contributed by atoms with E-state index in [-0.39, 0.29) is 0 Å². The lowest BCUT2D eigenvalue weighted by Gasteiger charge is -2.06. The van der Waals surface area contributed by atoms with E-state index in [1.54, 1.807) is 4.57 Å². The summed E-state index contributed by atoms with van der Waals surface area (Å²) in [7, 11) is 0. The molecule has 0 aliphatic heterocycles. The second-order valence-electron chi connectivity index (χ2n) is 6.75. The van der Waals surface area contributed by atoms with Gasteiger partial charge in [-0.3, -0.25) is 14.3 Å². The minimum Gasteiger partial charge on any atom is -0.430 e. The Hall–Kier alpha value is -2.88. The maximum atomic E-state index is 12.5. The van der Waals surface area contributed by atoms with Crippen LogP contribution in [0.25, 0.3) is 22.4 Å². The van der Waals surface area contributed by atoms with E-state index < -0.39 is 11.2 Å². The Labute approximate surface area is 170 Å². The standard InChI is InChI=1S/C19H22N6O3S/c1-4-6-9-25-16-14(17(26)23-18(25)27)24(5-2)13(21-16)10-29-19-22-15-12(28-19)8-7-11(3)20-15/h7-8H,4-6,9-10H2,1-3H3,(H,23,26,27). The Morgan fingerprint density at radius 3 is 2.72 bits per heavy atom. The highest BCUT2D eigenvalue weighted by Crippen LogP contribution is 2.26. The lowest BCUT2D eigenvalue weighted by atomic mass is 10.3. The molecule has 10 heteroatoms. The molecule has 0 spiro atoms. The predicted octanol–water partition coefficient (Wildman–Crippen LogP) is 2.84. The van der Waals surface area contributed by atoms with Crippen molar-refractivity contribution in [3.8, 4) is 0 Å². The fourth-order valence-electron chi connectivity index (χ4n) is 3.27. The summed E-state index contributed by atoms with van der Waals surface area (Å²) in [4.78, 5) is 40.6. The van der Waals surface area contributed by atoms with Crippen LogP contribution in [0.1, 0.15) is 38.2 Å². The molecule has 0 bridgehead atoms. The maximum Gasteiger partial charge on any atom is 0.330 e. The number of fused-ring (bicyclic) bond motifs is 2. The van der Waals surface area contributed by atoms with Gasteiger partial charge in [-0.25, -0.2) is 14.8 Å². The van der Waals surface area contributed by atoms with Gasteiger partial charge >= 0.3 is 5.69 Å². The first-order chi connectivity index (χ1) is 14.0. The number of oxazole rings is 1. The largest absolute Gasteiger partial charge is 0.430 e. The number of H-pyrrole nitrogens is 1. The van der Waals surface area contributed by atoms with Gasteiger partial charge in [0, 0.05) is 18.8 Å². The van der Waals surface area contributed by atoms with Crippen LogP contribution in [0, 0.1) is 6.92 Å². The van der Waals surface area contributed by atoms with E-state index >= 15 is 0 Å². The van der Waals surface area contributed by atoms with Crippen molar-refractivity contribution in [1.82, 2.24) is 29.1 Å². The zero-order valence-corrected chi connectivity index (χ0v) is 17.4. The zero-order valence-electron chi connectivity index (χ0n) is 16.6. The molecular weight excluding hydrogens is 392 g/mol. The Morgan fingerprint density at radius 1 is 1.14 bits per heavy atom. The van der Waals surface area contributed by atoms with Gasteiger partial charge in [-0.1, -0.05) is 25.1 Å². The Kier molecular flexibility index (Phi) is 5.27. The quantitative estimate of drug-likeness (QED) is 0.463. The predicted molar refractivity (Wildman–Crippen MR) is 111 cm³/mol. The molecule has 0 aliphatic carbocycles. The van der Waals surface area contributed by atoms with Crippen molar-refractivity contribution in [2.24, 2.45) is 0 Å². The first-order valence-electron chi connectivity index (χ1n) is 9.61. The molecule has 4 aromatic heterocycles. The van der Waals surface area contributed by atoms with Gasteiger partial charge in [0.15, 0.2) is 22.4 Å². The summed E-state index contributed by atoms with van der Waals surface area (Å²) in [5.41, 5.74) is 2.10. The number of unbranched alkanes of at least 4 members (excludes halogenated alkanes) is 1. The number of pyridine rings is 1. The van der Waals surface area contributed by atoms with Gasteiger partial charge in [-0.2, -0.15) is 4.98 Å². The minimum absolute atomic E-state index is 0.412. The van der Waals surface area contributed by atoms with Crippen molar-refractivity contribution in [1.29, 1.82) is 0 Å². The van der Waals surface area contributed by atoms with Gasteiger partial charge in [0.1, 0.15) is 5.82 Å².